The fourth-order valence-corrected chi connectivity index (χ4v) is 1.49. The lowest BCUT2D eigenvalue weighted by Gasteiger charge is -2.26. The molecule has 18 heavy (non-hydrogen) atoms. The molecular formula is C14H21ClFNO. The minimum Gasteiger partial charge on any atom is -0.493 e. The summed E-state index contributed by atoms with van der Waals surface area (Å²) in [6.07, 6.45) is 0. The normalized spacial score (nSPS) is 11.9. The van der Waals surface area contributed by atoms with E-state index in [1.807, 2.05) is 0 Å². The van der Waals surface area contributed by atoms with Gasteiger partial charge < -0.3 is 10.1 Å². The second-order valence-electron chi connectivity index (χ2n) is 5.56. The Morgan fingerprint density at radius 3 is 2.61 bits per heavy atom. The van der Waals surface area contributed by atoms with E-state index in [0.717, 1.165) is 6.54 Å². The minimum absolute atomic E-state index is 0.0135. The summed E-state index contributed by atoms with van der Waals surface area (Å²) in [7, 11) is 0. The van der Waals surface area contributed by atoms with Crippen molar-refractivity contribution in [1.29, 1.82) is 0 Å². The van der Waals surface area contributed by atoms with Gasteiger partial charge in [-0.25, -0.2) is 4.39 Å². The van der Waals surface area contributed by atoms with Crippen molar-refractivity contribution in [2.24, 2.45) is 5.41 Å². The summed E-state index contributed by atoms with van der Waals surface area (Å²) < 4.78 is 18.8. The van der Waals surface area contributed by atoms with Gasteiger partial charge in [-0.05, 0) is 12.1 Å². The molecule has 4 heteroatoms. The third kappa shape index (κ3) is 5.23. The summed E-state index contributed by atoms with van der Waals surface area (Å²) in [4.78, 5) is 0. The van der Waals surface area contributed by atoms with Crippen LogP contribution in [0.25, 0.3) is 0 Å². The number of hydrogen-bond acceptors (Lipinski definition) is 2. The van der Waals surface area contributed by atoms with E-state index < -0.39 is 5.82 Å². The molecule has 0 aliphatic rings. The fraction of sp³-hybridized carbons (Fsp3) is 0.571. The lowest BCUT2D eigenvalue weighted by atomic mass is 9.94. The number of hydrogen-bond donors (Lipinski definition) is 1. The van der Waals surface area contributed by atoms with E-state index in [1.54, 1.807) is 6.07 Å². The fourth-order valence-electron chi connectivity index (χ4n) is 1.38. The molecule has 0 spiro atoms. The summed E-state index contributed by atoms with van der Waals surface area (Å²) in [5.41, 5.74) is -0.0135. The van der Waals surface area contributed by atoms with Crippen LogP contribution in [0.2, 0.25) is 5.02 Å². The van der Waals surface area contributed by atoms with Crippen molar-refractivity contribution >= 4 is 11.6 Å². The summed E-state index contributed by atoms with van der Waals surface area (Å²) in [5.74, 6) is 0.0572. The van der Waals surface area contributed by atoms with Crippen molar-refractivity contribution in [3.63, 3.8) is 0 Å². The third-order valence-electron chi connectivity index (χ3n) is 2.51. The number of ether oxygens (including phenoxy) is 1. The Kier molecular flexibility index (Phi) is 5.42. The van der Waals surface area contributed by atoms with Gasteiger partial charge in [0.2, 0.25) is 0 Å². The molecule has 1 N–H and O–H groups in total. The van der Waals surface area contributed by atoms with Gasteiger partial charge in [-0.3, -0.25) is 0 Å². The van der Waals surface area contributed by atoms with Crippen LogP contribution in [0.15, 0.2) is 18.2 Å². The third-order valence-corrected chi connectivity index (χ3v) is 2.82. The maximum atomic E-state index is 13.2. The van der Waals surface area contributed by atoms with Gasteiger partial charge in [-0.15, -0.1) is 0 Å². The smallest absolute Gasteiger partial charge is 0.145 e. The predicted octanol–water partition coefficient (Wildman–Crippen LogP) is 3.88. The Labute approximate surface area is 113 Å². The first-order valence-corrected chi connectivity index (χ1v) is 6.49. The topological polar surface area (TPSA) is 21.3 Å². The standard InChI is InChI=1S/C14H21ClFNO/c1-10(2)17-8-14(3,4)9-18-11-5-6-12(15)13(16)7-11/h5-7,10,17H,8-9H2,1-4H3. The zero-order chi connectivity index (χ0) is 13.8. The van der Waals surface area contributed by atoms with E-state index in [-0.39, 0.29) is 10.4 Å². The van der Waals surface area contributed by atoms with E-state index in [2.05, 4.69) is 33.0 Å². The van der Waals surface area contributed by atoms with Crippen molar-refractivity contribution in [3.8, 4) is 5.75 Å². The van der Waals surface area contributed by atoms with Gasteiger partial charge >= 0.3 is 0 Å². The average molecular weight is 274 g/mol. The average Bonchev–Trinajstić information content (AvgIpc) is 2.28. The van der Waals surface area contributed by atoms with Crippen LogP contribution in [0.5, 0.6) is 5.75 Å². The first-order valence-electron chi connectivity index (χ1n) is 6.11. The lowest BCUT2D eigenvalue weighted by Crippen LogP contribution is -2.37. The van der Waals surface area contributed by atoms with Crippen molar-refractivity contribution < 1.29 is 9.13 Å². The van der Waals surface area contributed by atoms with Crippen LogP contribution in [0.3, 0.4) is 0 Å². The molecule has 0 atom stereocenters. The number of benzene rings is 1. The Morgan fingerprint density at radius 2 is 2.06 bits per heavy atom. The predicted molar refractivity (Wildman–Crippen MR) is 73.8 cm³/mol. The molecule has 0 saturated heterocycles. The van der Waals surface area contributed by atoms with Crippen LogP contribution in [0.4, 0.5) is 4.39 Å². The molecule has 0 aliphatic heterocycles. The Bertz CT molecular complexity index is 393. The van der Waals surface area contributed by atoms with E-state index >= 15 is 0 Å². The number of nitrogens with one attached hydrogen (secondary N) is 1. The van der Waals surface area contributed by atoms with E-state index in [9.17, 15) is 4.39 Å². The monoisotopic (exact) mass is 273 g/mol. The highest BCUT2D eigenvalue weighted by Gasteiger charge is 2.19. The van der Waals surface area contributed by atoms with E-state index in [1.165, 1.54) is 12.1 Å². The second-order valence-corrected chi connectivity index (χ2v) is 5.97. The van der Waals surface area contributed by atoms with Crippen LogP contribution in [0, 0.1) is 11.2 Å². The van der Waals surface area contributed by atoms with Gasteiger partial charge in [0.1, 0.15) is 11.6 Å². The van der Waals surface area contributed by atoms with Crippen molar-refractivity contribution in [2.75, 3.05) is 13.2 Å². The van der Waals surface area contributed by atoms with Gasteiger partial charge in [-0.1, -0.05) is 39.3 Å². The maximum Gasteiger partial charge on any atom is 0.145 e. The minimum atomic E-state index is -0.452. The zero-order valence-corrected chi connectivity index (χ0v) is 12.1. The highest BCUT2D eigenvalue weighted by molar-refractivity contribution is 6.30. The molecule has 0 heterocycles. The highest BCUT2D eigenvalue weighted by atomic mass is 35.5. The Hall–Kier alpha value is -0.800. The van der Waals surface area contributed by atoms with Gasteiger partial charge in [0, 0.05) is 24.1 Å². The van der Waals surface area contributed by atoms with Crippen LogP contribution in [-0.4, -0.2) is 19.2 Å². The molecule has 1 aromatic carbocycles. The summed E-state index contributed by atoms with van der Waals surface area (Å²) in [6, 6.07) is 4.94. The molecule has 2 nitrogen and oxygen atoms in total. The van der Waals surface area contributed by atoms with Crippen molar-refractivity contribution in [1.82, 2.24) is 5.32 Å². The van der Waals surface area contributed by atoms with Crippen molar-refractivity contribution in [3.05, 3.63) is 29.0 Å². The molecule has 0 saturated carbocycles. The van der Waals surface area contributed by atoms with Crippen LogP contribution in [0.1, 0.15) is 27.7 Å². The molecule has 1 rings (SSSR count). The van der Waals surface area contributed by atoms with Crippen LogP contribution < -0.4 is 10.1 Å². The number of halogens is 2. The summed E-state index contributed by atoms with van der Waals surface area (Å²) in [5, 5.41) is 3.48. The zero-order valence-electron chi connectivity index (χ0n) is 11.4. The molecular weight excluding hydrogens is 253 g/mol. The van der Waals surface area contributed by atoms with E-state index in [0.29, 0.717) is 18.4 Å². The first kappa shape index (κ1) is 15.3. The molecule has 0 aliphatic carbocycles. The largest absolute Gasteiger partial charge is 0.493 e. The molecule has 0 unspecified atom stereocenters. The van der Waals surface area contributed by atoms with Crippen molar-refractivity contribution in [2.45, 2.75) is 33.7 Å². The first-order chi connectivity index (χ1) is 8.30. The van der Waals surface area contributed by atoms with Gasteiger partial charge in [0.15, 0.2) is 0 Å². The molecule has 0 bridgehead atoms. The molecule has 0 amide bonds. The van der Waals surface area contributed by atoms with Crippen LogP contribution >= 0.6 is 11.6 Å². The molecule has 0 fully saturated rings. The SMILES string of the molecule is CC(C)NCC(C)(C)COc1ccc(Cl)c(F)c1. The molecule has 1 aromatic rings. The molecule has 0 radical (unpaired) electrons. The Morgan fingerprint density at radius 1 is 1.39 bits per heavy atom. The maximum absolute atomic E-state index is 13.2. The summed E-state index contributed by atoms with van der Waals surface area (Å²) >= 11 is 5.61. The second kappa shape index (κ2) is 6.39. The lowest BCUT2D eigenvalue weighted by molar-refractivity contribution is 0.173. The Balaban J connectivity index is 2.50. The van der Waals surface area contributed by atoms with Gasteiger partial charge in [-0.2, -0.15) is 0 Å². The van der Waals surface area contributed by atoms with Gasteiger partial charge in [0.05, 0.1) is 11.6 Å². The van der Waals surface area contributed by atoms with E-state index in [4.69, 9.17) is 16.3 Å². The molecule has 102 valence electrons. The number of rotatable bonds is 6. The molecule has 0 aromatic heterocycles. The summed E-state index contributed by atoms with van der Waals surface area (Å²) in [6.45, 7) is 9.79. The quantitative estimate of drug-likeness (QED) is 0.849. The van der Waals surface area contributed by atoms with Gasteiger partial charge in [0.25, 0.3) is 0 Å². The van der Waals surface area contributed by atoms with Crippen LogP contribution in [-0.2, 0) is 0 Å². The highest BCUT2D eigenvalue weighted by Crippen LogP contribution is 2.22.